The summed E-state index contributed by atoms with van der Waals surface area (Å²) in [7, 11) is 1.51. The number of aliphatic hydroxyl groups excluding tert-OH is 1. The molecule has 2 aromatic carbocycles. The molecule has 0 radical (unpaired) electrons. The lowest BCUT2D eigenvalue weighted by molar-refractivity contribution is -0.123. The van der Waals surface area contributed by atoms with Gasteiger partial charge in [0.2, 0.25) is 0 Å². The average Bonchev–Trinajstić information content (AvgIpc) is 3.14. The molecule has 1 unspecified atom stereocenters. The summed E-state index contributed by atoms with van der Waals surface area (Å²) in [6, 6.07) is 14.4. The van der Waals surface area contributed by atoms with E-state index < -0.39 is 17.7 Å². The molecule has 2 N–H and O–H groups in total. The quantitative estimate of drug-likeness (QED) is 0.370. The Hall–Kier alpha value is -3.73. The number of aromatic nitrogens is 1. The monoisotopic (exact) mass is 548 g/mol. The molecule has 2 aliphatic rings. The minimum absolute atomic E-state index is 0.0185. The number of urea groups is 1. The molecule has 212 valence electrons. The molecule has 3 amide bonds. The fraction of sp³-hybridized carbons (Fsp3) is 0.433. The molecule has 0 aliphatic carbocycles. The zero-order valence-corrected chi connectivity index (χ0v) is 23.1. The second-order valence-electron chi connectivity index (χ2n) is 10.7. The van der Waals surface area contributed by atoms with Gasteiger partial charge in [-0.3, -0.25) is 9.78 Å². The van der Waals surface area contributed by atoms with Crippen LogP contribution in [0, 0.1) is 0 Å². The van der Waals surface area contributed by atoms with Crippen LogP contribution in [-0.4, -0.2) is 78.1 Å². The lowest BCUT2D eigenvalue weighted by Crippen LogP contribution is -2.43. The van der Waals surface area contributed by atoms with Crippen LogP contribution in [0.5, 0.6) is 11.5 Å². The number of methoxy groups -OCH3 is 1. The van der Waals surface area contributed by atoms with Crippen LogP contribution in [0.4, 0.5) is 10.5 Å². The number of amides is 3. The molecule has 10 nitrogen and oxygen atoms in total. The van der Waals surface area contributed by atoms with Gasteiger partial charge in [-0.05, 0) is 56.5 Å². The lowest BCUT2D eigenvalue weighted by Gasteiger charge is -2.28. The Morgan fingerprint density at radius 3 is 2.67 bits per heavy atom. The number of para-hydroxylation sites is 1. The van der Waals surface area contributed by atoms with Crippen molar-refractivity contribution in [1.82, 2.24) is 15.2 Å². The van der Waals surface area contributed by atoms with E-state index in [0.717, 1.165) is 42.5 Å². The van der Waals surface area contributed by atoms with Crippen LogP contribution in [0.1, 0.15) is 32.3 Å². The Morgan fingerprint density at radius 1 is 1.12 bits per heavy atom. The fourth-order valence-corrected chi connectivity index (χ4v) is 5.16. The van der Waals surface area contributed by atoms with Gasteiger partial charge in [0.1, 0.15) is 18.2 Å². The molecule has 0 spiro atoms. The highest BCUT2D eigenvalue weighted by atomic mass is 16.5. The lowest BCUT2D eigenvalue weighted by atomic mass is 10.0. The zero-order chi connectivity index (χ0) is 28.3. The predicted molar refractivity (Wildman–Crippen MR) is 151 cm³/mol. The van der Waals surface area contributed by atoms with Gasteiger partial charge in [-0.15, -0.1) is 0 Å². The third-order valence-corrected chi connectivity index (χ3v) is 7.59. The van der Waals surface area contributed by atoms with Crippen molar-refractivity contribution in [3.05, 3.63) is 60.3 Å². The third-order valence-electron chi connectivity index (χ3n) is 7.59. The van der Waals surface area contributed by atoms with Gasteiger partial charge in [0.25, 0.3) is 5.91 Å². The molecular formula is C30H36N4O6. The van der Waals surface area contributed by atoms with E-state index in [0.29, 0.717) is 29.8 Å². The number of hydrogen-bond acceptors (Lipinski definition) is 8. The number of carbonyl (C=O) groups excluding carboxylic acids is 2. The fourth-order valence-electron chi connectivity index (χ4n) is 5.16. The highest BCUT2D eigenvalue weighted by Gasteiger charge is 2.52. The summed E-state index contributed by atoms with van der Waals surface area (Å²) in [4.78, 5) is 34.5. The van der Waals surface area contributed by atoms with Crippen molar-refractivity contribution in [2.45, 2.75) is 50.9 Å². The molecule has 3 aromatic rings. The summed E-state index contributed by atoms with van der Waals surface area (Å²) in [5, 5.41) is 14.8. The summed E-state index contributed by atoms with van der Waals surface area (Å²) in [6.45, 7) is 5.58. The van der Waals surface area contributed by atoms with Crippen LogP contribution >= 0.6 is 0 Å². The van der Waals surface area contributed by atoms with Crippen molar-refractivity contribution < 1.29 is 28.9 Å². The molecule has 0 saturated carbocycles. The SMILES string of the molecule is COc1ccc(N2C(=O)N(Cc3ccnc4ccccc34)C(C)(C)C2=O)cc1OCC(O)CNC1CCOCC1. The van der Waals surface area contributed by atoms with Crippen LogP contribution in [0.3, 0.4) is 0 Å². The molecule has 0 bridgehead atoms. The summed E-state index contributed by atoms with van der Waals surface area (Å²) < 4.78 is 16.7. The first-order valence-corrected chi connectivity index (χ1v) is 13.6. The molecule has 10 heteroatoms. The summed E-state index contributed by atoms with van der Waals surface area (Å²) in [6.07, 6.45) is 2.78. The van der Waals surface area contributed by atoms with Gasteiger partial charge < -0.3 is 29.5 Å². The largest absolute Gasteiger partial charge is 0.493 e. The Morgan fingerprint density at radius 2 is 1.90 bits per heavy atom. The number of pyridine rings is 1. The maximum Gasteiger partial charge on any atom is 0.332 e. The first-order valence-electron chi connectivity index (χ1n) is 13.6. The summed E-state index contributed by atoms with van der Waals surface area (Å²) in [5.41, 5.74) is 1.03. The normalized spacial score (nSPS) is 18.4. The van der Waals surface area contributed by atoms with Crippen molar-refractivity contribution in [3.63, 3.8) is 0 Å². The van der Waals surface area contributed by atoms with Crippen molar-refractivity contribution >= 4 is 28.5 Å². The van der Waals surface area contributed by atoms with Gasteiger partial charge in [0.05, 0.1) is 18.3 Å². The van der Waals surface area contributed by atoms with E-state index in [1.165, 1.54) is 12.0 Å². The predicted octanol–water partition coefficient (Wildman–Crippen LogP) is 3.50. The van der Waals surface area contributed by atoms with Crippen molar-refractivity contribution in [1.29, 1.82) is 0 Å². The van der Waals surface area contributed by atoms with Crippen molar-refractivity contribution in [2.24, 2.45) is 0 Å². The van der Waals surface area contributed by atoms with Crippen molar-refractivity contribution in [2.75, 3.05) is 38.4 Å². The number of aliphatic hydroxyl groups is 1. The third kappa shape index (κ3) is 5.60. The minimum Gasteiger partial charge on any atom is -0.493 e. The number of carbonyl (C=O) groups is 2. The van der Waals surface area contributed by atoms with E-state index >= 15 is 0 Å². The maximum atomic E-state index is 13.7. The Labute approximate surface area is 233 Å². The summed E-state index contributed by atoms with van der Waals surface area (Å²) in [5.74, 6) is 0.432. The van der Waals surface area contributed by atoms with Gasteiger partial charge in [0, 0.05) is 50.0 Å². The molecule has 2 saturated heterocycles. The standard InChI is InChI=1S/C30H36N4O6/c1-30(2)28(36)34(29(37)33(30)18-20-10-13-31-25-7-5-4-6-24(20)25)22-8-9-26(38-3)27(16-22)40-19-23(35)17-32-21-11-14-39-15-12-21/h4-10,13,16,21,23,32,35H,11-12,14-15,17-19H2,1-3H3. The molecular weight excluding hydrogens is 512 g/mol. The number of ether oxygens (including phenoxy) is 3. The number of nitrogens with zero attached hydrogens (tertiary/aromatic N) is 3. The minimum atomic E-state index is -1.07. The first kappa shape index (κ1) is 27.8. The molecule has 5 rings (SSSR count). The number of anilines is 1. The number of hydrogen-bond donors (Lipinski definition) is 2. The molecule has 2 fully saturated rings. The number of imide groups is 1. The molecule has 40 heavy (non-hydrogen) atoms. The van der Waals surface area contributed by atoms with Crippen LogP contribution in [0.2, 0.25) is 0 Å². The van der Waals surface area contributed by atoms with E-state index in [1.54, 1.807) is 43.1 Å². The molecule has 3 heterocycles. The number of nitrogens with one attached hydrogen (secondary N) is 1. The Kier molecular flexibility index (Phi) is 8.20. The van der Waals surface area contributed by atoms with Gasteiger partial charge >= 0.3 is 6.03 Å². The average molecular weight is 549 g/mol. The van der Waals surface area contributed by atoms with Gasteiger partial charge in [-0.2, -0.15) is 0 Å². The van der Waals surface area contributed by atoms with Gasteiger partial charge in [-0.1, -0.05) is 18.2 Å². The van der Waals surface area contributed by atoms with E-state index in [9.17, 15) is 14.7 Å². The van der Waals surface area contributed by atoms with Crippen LogP contribution in [-0.2, 0) is 16.1 Å². The van der Waals surface area contributed by atoms with Crippen molar-refractivity contribution in [3.8, 4) is 11.5 Å². The highest BCUT2D eigenvalue weighted by Crippen LogP contribution is 2.38. The van der Waals surface area contributed by atoms with E-state index in [-0.39, 0.29) is 19.1 Å². The van der Waals surface area contributed by atoms with E-state index in [1.807, 2.05) is 30.3 Å². The topological polar surface area (TPSA) is 113 Å². The zero-order valence-electron chi connectivity index (χ0n) is 23.1. The van der Waals surface area contributed by atoms with Gasteiger partial charge in [-0.25, -0.2) is 9.69 Å². The van der Waals surface area contributed by atoms with Gasteiger partial charge in [0.15, 0.2) is 11.5 Å². The second kappa shape index (κ2) is 11.8. The maximum absolute atomic E-state index is 13.7. The van der Waals surface area contributed by atoms with Crippen LogP contribution in [0.25, 0.3) is 10.9 Å². The van der Waals surface area contributed by atoms with Crippen LogP contribution < -0.4 is 19.7 Å². The second-order valence-corrected chi connectivity index (χ2v) is 10.7. The number of fused-ring (bicyclic) bond motifs is 1. The number of rotatable bonds is 10. The van der Waals surface area contributed by atoms with E-state index in [2.05, 4.69) is 10.3 Å². The smallest absolute Gasteiger partial charge is 0.332 e. The Balaban J connectivity index is 1.32. The van der Waals surface area contributed by atoms with Crippen LogP contribution in [0.15, 0.2) is 54.7 Å². The van der Waals surface area contributed by atoms with E-state index in [4.69, 9.17) is 14.2 Å². The summed E-state index contributed by atoms with van der Waals surface area (Å²) >= 11 is 0. The highest BCUT2D eigenvalue weighted by molar-refractivity contribution is 6.23. The number of benzene rings is 2. The molecule has 2 aliphatic heterocycles. The first-order chi connectivity index (χ1) is 19.3. The Bertz CT molecular complexity index is 1370. The molecule has 1 aromatic heterocycles. The molecule has 1 atom stereocenters.